The molecule has 2 rings (SSSR count). The largest absolute Gasteiger partial charge is 0.479 e. The van der Waals surface area contributed by atoms with Crippen LogP contribution in [0.2, 0.25) is 5.02 Å². The number of ether oxygens (including phenoxy) is 1. The van der Waals surface area contributed by atoms with E-state index < -0.39 is 0 Å². The Morgan fingerprint density at radius 3 is 2.87 bits per heavy atom. The molecule has 0 spiro atoms. The molecule has 0 unspecified atom stereocenters. The molecule has 1 aliphatic rings. The molecule has 1 fully saturated rings. The lowest BCUT2D eigenvalue weighted by Gasteiger charge is -2.08. The van der Waals surface area contributed by atoms with Crippen molar-refractivity contribution in [3.8, 4) is 18.1 Å². The van der Waals surface area contributed by atoms with Gasteiger partial charge in [0.05, 0.1) is 5.02 Å². The fraction of sp³-hybridized carbons (Fsp3) is 0.333. The van der Waals surface area contributed by atoms with E-state index in [1.54, 1.807) is 6.07 Å². The maximum atomic E-state index is 13.5. The van der Waals surface area contributed by atoms with Crippen molar-refractivity contribution >= 4 is 11.6 Å². The smallest absolute Gasteiger partial charge is 0.148 e. The van der Waals surface area contributed by atoms with Crippen molar-refractivity contribution in [3.05, 3.63) is 28.5 Å². The normalized spacial score (nSPS) is 14.7. The van der Waals surface area contributed by atoms with E-state index in [1.165, 1.54) is 6.07 Å². The Kier molecular flexibility index (Phi) is 2.83. The standard InChI is InChI=1S/C12H10ClFO/c1-2-5-15-12-6-9(8-3-4-8)11(14)7-10(12)13/h1,6-8H,3-5H2. The van der Waals surface area contributed by atoms with Gasteiger partial charge in [-0.25, -0.2) is 4.39 Å². The van der Waals surface area contributed by atoms with E-state index in [9.17, 15) is 4.39 Å². The second kappa shape index (κ2) is 4.12. The van der Waals surface area contributed by atoms with Crippen molar-refractivity contribution in [2.24, 2.45) is 0 Å². The molecule has 1 aromatic carbocycles. The van der Waals surface area contributed by atoms with Crippen molar-refractivity contribution in [2.75, 3.05) is 6.61 Å². The number of halogens is 2. The van der Waals surface area contributed by atoms with Gasteiger partial charge in [-0.05, 0) is 36.5 Å². The monoisotopic (exact) mass is 224 g/mol. The first kappa shape index (κ1) is 10.3. The van der Waals surface area contributed by atoms with Gasteiger partial charge in [0.1, 0.15) is 18.2 Å². The Hall–Kier alpha value is -1.20. The Balaban J connectivity index is 2.29. The summed E-state index contributed by atoms with van der Waals surface area (Å²) in [4.78, 5) is 0. The average Bonchev–Trinajstić information content (AvgIpc) is 3.00. The molecule has 15 heavy (non-hydrogen) atoms. The van der Waals surface area contributed by atoms with Crippen LogP contribution in [0.5, 0.6) is 5.75 Å². The van der Waals surface area contributed by atoms with Gasteiger partial charge in [-0.2, -0.15) is 0 Å². The second-order valence-electron chi connectivity index (χ2n) is 3.57. The lowest BCUT2D eigenvalue weighted by Crippen LogP contribution is -1.97. The molecule has 0 saturated heterocycles. The summed E-state index contributed by atoms with van der Waals surface area (Å²) in [6.07, 6.45) is 7.14. The van der Waals surface area contributed by atoms with Gasteiger partial charge in [0.25, 0.3) is 0 Å². The van der Waals surface area contributed by atoms with E-state index in [-0.39, 0.29) is 17.4 Å². The molecule has 0 N–H and O–H groups in total. The summed E-state index contributed by atoms with van der Waals surface area (Å²) in [6, 6.07) is 2.95. The minimum Gasteiger partial charge on any atom is -0.479 e. The average molecular weight is 225 g/mol. The Morgan fingerprint density at radius 2 is 2.27 bits per heavy atom. The van der Waals surface area contributed by atoms with E-state index in [1.807, 2.05) is 0 Å². The van der Waals surface area contributed by atoms with Gasteiger partial charge in [0.15, 0.2) is 0 Å². The van der Waals surface area contributed by atoms with Crippen LogP contribution < -0.4 is 4.74 Å². The predicted octanol–water partition coefficient (Wildman–Crippen LogP) is 3.37. The first-order valence-corrected chi connectivity index (χ1v) is 5.15. The summed E-state index contributed by atoms with van der Waals surface area (Å²) >= 11 is 5.83. The van der Waals surface area contributed by atoms with Gasteiger partial charge in [-0.1, -0.05) is 17.5 Å². The Morgan fingerprint density at radius 1 is 1.53 bits per heavy atom. The molecule has 1 aromatic rings. The fourth-order valence-corrected chi connectivity index (χ4v) is 1.69. The fourth-order valence-electron chi connectivity index (χ4n) is 1.48. The van der Waals surface area contributed by atoms with Crippen molar-refractivity contribution < 1.29 is 9.13 Å². The molecule has 0 heterocycles. The highest BCUT2D eigenvalue weighted by Gasteiger charge is 2.27. The Labute approximate surface area is 93.2 Å². The lowest BCUT2D eigenvalue weighted by atomic mass is 10.1. The summed E-state index contributed by atoms with van der Waals surface area (Å²) in [7, 11) is 0. The predicted molar refractivity (Wildman–Crippen MR) is 57.7 cm³/mol. The summed E-state index contributed by atoms with van der Waals surface area (Å²) in [5.41, 5.74) is 0.687. The van der Waals surface area contributed by atoms with Gasteiger partial charge in [0.2, 0.25) is 0 Å². The molecule has 1 nitrogen and oxygen atoms in total. The second-order valence-corrected chi connectivity index (χ2v) is 3.98. The quantitative estimate of drug-likeness (QED) is 0.716. The third-order valence-corrected chi connectivity index (χ3v) is 2.67. The third kappa shape index (κ3) is 2.24. The highest BCUT2D eigenvalue weighted by Crippen LogP contribution is 2.43. The van der Waals surface area contributed by atoms with Gasteiger partial charge in [-0.3, -0.25) is 0 Å². The summed E-state index contributed by atoms with van der Waals surface area (Å²) < 4.78 is 18.7. The lowest BCUT2D eigenvalue weighted by molar-refractivity contribution is 0.369. The van der Waals surface area contributed by atoms with Gasteiger partial charge in [0, 0.05) is 0 Å². The number of rotatable bonds is 3. The molecule has 1 saturated carbocycles. The maximum absolute atomic E-state index is 13.5. The molecule has 78 valence electrons. The highest BCUT2D eigenvalue weighted by molar-refractivity contribution is 6.32. The molecule has 0 aliphatic heterocycles. The highest BCUT2D eigenvalue weighted by atomic mass is 35.5. The van der Waals surface area contributed by atoms with E-state index in [0.717, 1.165) is 12.8 Å². The van der Waals surface area contributed by atoms with Crippen molar-refractivity contribution in [1.82, 2.24) is 0 Å². The Bertz CT molecular complexity index is 418. The molecule has 1 aliphatic carbocycles. The van der Waals surface area contributed by atoms with Crippen LogP contribution in [0.4, 0.5) is 4.39 Å². The molecule has 0 bridgehead atoms. The minimum absolute atomic E-state index is 0.148. The van der Waals surface area contributed by atoms with E-state index in [2.05, 4.69) is 5.92 Å². The van der Waals surface area contributed by atoms with Crippen LogP contribution in [0.1, 0.15) is 24.3 Å². The van der Waals surface area contributed by atoms with Gasteiger partial charge in [-0.15, -0.1) is 6.42 Å². The maximum Gasteiger partial charge on any atom is 0.148 e. The minimum atomic E-state index is -0.254. The van der Waals surface area contributed by atoms with Crippen molar-refractivity contribution in [2.45, 2.75) is 18.8 Å². The number of benzene rings is 1. The third-order valence-electron chi connectivity index (χ3n) is 2.38. The molecule has 3 heteroatoms. The van der Waals surface area contributed by atoms with Crippen LogP contribution >= 0.6 is 11.6 Å². The molecule has 0 radical (unpaired) electrons. The molecule has 0 atom stereocenters. The van der Waals surface area contributed by atoms with Gasteiger partial charge < -0.3 is 4.74 Å². The zero-order valence-corrected chi connectivity index (χ0v) is 8.85. The SMILES string of the molecule is C#CCOc1cc(C2CC2)c(F)cc1Cl. The van der Waals surface area contributed by atoms with Gasteiger partial charge >= 0.3 is 0 Å². The van der Waals surface area contributed by atoms with Crippen LogP contribution in [0, 0.1) is 18.2 Å². The first-order valence-electron chi connectivity index (χ1n) is 4.77. The van der Waals surface area contributed by atoms with E-state index in [4.69, 9.17) is 22.8 Å². The molecular formula is C12H10ClFO. The number of hydrogen-bond donors (Lipinski definition) is 0. The zero-order chi connectivity index (χ0) is 10.8. The molecular weight excluding hydrogens is 215 g/mol. The van der Waals surface area contributed by atoms with E-state index in [0.29, 0.717) is 17.2 Å². The van der Waals surface area contributed by atoms with Crippen LogP contribution in [0.3, 0.4) is 0 Å². The molecule has 0 amide bonds. The van der Waals surface area contributed by atoms with Crippen molar-refractivity contribution in [3.63, 3.8) is 0 Å². The van der Waals surface area contributed by atoms with Crippen LogP contribution in [0.25, 0.3) is 0 Å². The van der Waals surface area contributed by atoms with Crippen LogP contribution in [0.15, 0.2) is 12.1 Å². The van der Waals surface area contributed by atoms with E-state index >= 15 is 0 Å². The number of terminal acetylenes is 1. The first-order chi connectivity index (χ1) is 7.22. The van der Waals surface area contributed by atoms with Crippen LogP contribution in [-0.4, -0.2) is 6.61 Å². The summed E-state index contributed by atoms with van der Waals surface area (Å²) in [5, 5.41) is 0.271. The topological polar surface area (TPSA) is 9.23 Å². The molecule has 0 aromatic heterocycles. The summed E-state index contributed by atoms with van der Waals surface area (Å²) in [5.74, 6) is 2.89. The number of hydrogen-bond acceptors (Lipinski definition) is 1. The van der Waals surface area contributed by atoms with Crippen LogP contribution in [-0.2, 0) is 0 Å². The summed E-state index contributed by atoms with van der Waals surface area (Å²) in [6.45, 7) is 0.148. The zero-order valence-electron chi connectivity index (χ0n) is 8.09. The van der Waals surface area contributed by atoms with Crippen molar-refractivity contribution in [1.29, 1.82) is 0 Å².